The Balaban J connectivity index is 1.78. The zero-order valence-corrected chi connectivity index (χ0v) is 16.8. The van der Waals surface area contributed by atoms with Crippen molar-refractivity contribution in [1.82, 2.24) is 0 Å². The van der Waals surface area contributed by atoms with Gasteiger partial charge in [0.25, 0.3) is 5.91 Å². The zero-order valence-electron chi connectivity index (χ0n) is 16.8. The third kappa shape index (κ3) is 3.83. The van der Waals surface area contributed by atoms with E-state index in [1.807, 2.05) is 105 Å². The number of carbonyl (C=O) groups excluding carboxylic acids is 1. The summed E-state index contributed by atoms with van der Waals surface area (Å²) in [7, 11) is 4.01. The second kappa shape index (κ2) is 7.76. The van der Waals surface area contributed by atoms with Crippen molar-refractivity contribution < 1.29 is 4.79 Å². The molecule has 1 aliphatic heterocycles. The number of aliphatic imine (C=N–C) groups is 1. The molecule has 0 aliphatic carbocycles. The first kappa shape index (κ1) is 18.7. The van der Waals surface area contributed by atoms with Gasteiger partial charge in [-0.15, -0.1) is 0 Å². The topological polar surface area (TPSA) is 35.9 Å². The van der Waals surface area contributed by atoms with Crippen molar-refractivity contribution in [2.75, 3.05) is 23.9 Å². The van der Waals surface area contributed by atoms with Gasteiger partial charge in [0.15, 0.2) is 0 Å². The fourth-order valence-corrected chi connectivity index (χ4v) is 3.34. The Morgan fingerprint density at radius 2 is 1.62 bits per heavy atom. The molecule has 0 unspecified atom stereocenters. The fraction of sp³-hybridized carbons (Fsp3) is 0.120. The predicted octanol–water partition coefficient (Wildman–Crippen LogP) is 4.90. The highest BCUT2D eigenvalue weighted by Crippen LogP contribution is 2.28. The first-order valence-electron chi connectivity index (χ1n) is 9.57. The van der Waals surface area contributed by atoms with Gasteiger partial charge >= 0.3 is 0 Å². The molecule has 1 amide bonds. The number of para-hydroxylation sites is 1. The third-order valence-corrected chi connectivity index (χ3v) is 4.86. The summed E-state index contributed by atoms with van der Waals surface area (Å²) in [6.07, 6.45) is 1.85. The van der Waals surface area contributed by atoms with Crippen LogP contribution in [0, 0.1) is 6.92 Å². The van der Waals surface area contributed by atoms with E-state index in [1.165, 1.54) is 0 Å². The minimum Gasteiger partial charge on any atom is -0.378 e. The molecule has 4 heteroatoms. The van der Waals surface area contributed by atoms with E-state index >= 15 is 0 Å². The van der Waals surface area contributed by atoms with Crippen LogP contribution in [0.2, 0.25) is 0 Å². The highest BCUT2D eigenvalue weighted by atomic mass is 16.2. The molecule has 0 bridgehead atoms. The quantitative estimate of drug-likeness (QED) is 0.603. The lowest BCUT2D eigenvalue weighted by Gasteiger charge is -2.18. The molecule has 29 heavy (non-hydrogen) atoms. The molecule has 0 aromatic heterocycles. The van der Waals surface area contributed by atoms with Gasteiger partial charge in [-0.25, -0.2) is 4.99 Å². The second-order valence-electron chi connectivity index (χ2n) is 7.30. The molecule has 1 heterocycles. The van der Waals surface area contributed by atoms with Gasteiger partial charge in [0, 0.05) is 25.3 Å². The molecule has 0 spiro atoms. The van der Waals surface area contributed by atoms with Gasteiger partial charge in [0.1, 0.15) is 11.5 Å². The minimum atomic E-state index is -0.121. The molecule has 3 aromatic carbocycles. The Bertz CT molecular complexity index is 1100. The van der Waals surface area contributed by atoms with Crippen LogP contribution in [0.3, 0.4) is 0 Å². The summed E-state index contributed by atoms with van der Waals surface area (Å²) in [5, 5.41) is 0. The van der Waals surface area contributed by atoms with Crippen LogP contribution in [-0.4, -0.2) is 25.8 Å². The molecule has 0 N–H and O–H groups in total. The lowest BCUT2D eigenvalue weighted by molar-refractivity contribution is -0.113. The lowest BCUT2D eigenvalue weighted by Crippen LogP contribution is -2.32. The molecule has 3 aromatic rings. The highest BCUT2D eigenvalue weighted by molar-refractivity contribution is 6.33. The van der Waals surface area contributed by atoms with E-state index in [0.29, 0.717) is 11.5 Å². The van der Waals surface area contributed by atoms with E-state index in [1.54, 1.807) is 4.90 Å². The van der Waals surface area contributed by atoms with E-state index in [-0.39, 0.29) is 5.91 Å². The fourth-order valence-electron chi connectivity index (χ4n) is 3.34. The molecule has 4 nitrogen and oxygen atoms in total. The largest absolute Gasteiger partial charge is 0.378 e. The number of carbonyl (C=O) groups is 1. The van der Waals surface area contributed by atoms with Crippen LogP contribution in [0.4, 0.5) is 11.4 Å². The van der Waals surface area contributed by atoms with Crippen molar-refractivity contribution >= 4 is 29.2 Å². The van der Waals surface area contributed by atoms with Gasteiger partial charge < -0.3 is 4.90 Å². The number of amidine groups is 1. The van der Waals surface area contributed by atoms with Crippen molar-refractivity contribution in [2.24, 2.45) is 4.99 Å². The maximum Gasteiger partial charge on any atom is 0.282 e. The van der Waals surface area contributed by atoms with Gasteiger partial charge in [0.05, 0.1) is 5.69 Å². The Morgan fingerprint density at radius 3 is 2.28 bits per heavy atom. The highest BCUT2D eigenvalue weighted by Gasteiger charge is 2.32. The van der Waals surface area contributed by atoms with Crippen molar-refractivity contribution in [3.05, 3.63) is 101 Å². The van der Waals surface area contributed by atoms with E-state index in [9.17, 15) is 4.79 Å². The Morgan fingerprint density at radius 1 is 0.897 bits per heavy atom. The molecular weight excluding hydrogens is 358 g/mol. The van der Waals surface area contributed by atoms with Gasteiger partial charge in [-0.3, -0.25) is 9.69 Å². The summed E-state index contributed by atoms with van der Waals surface area (Å²) < 4.78 is 0. The standard InChI is InChI=1S/C25H23N3O/c1-18-8-7-9-20(16-18)24-26-23(17-19-12-14-21(15-13-19)27(2)3)25(29)28(24)22-10-5-4-6-11-22/h4-17H,1-3H3/b23-17+. The number of hydrogen-bond acceptors (Lipinski definition) is 3. The zero-order chi connectivity index (χ0) is 20.4. The van der Waals surface area contributed by atoms with Crippen LogP contribution < -0.4 is 9.80 Å². The Labute approximate surface area is 171 Å². The smallest absolute Gasteiger partial charge is 0.282 e. The molecule has 4 rings (SSSR count). The van der Waals surface area contributed by atoms with Crippen LogP contribution in [-0.2, 0) is 4.79 Å². The number of nitrogens with zero attached hydrogens (tertiary/aromatic N) is 3. The summed E-state index contributed by atoms with van der Waals surface area (Å²) in [5.41, 5.74) is 5.35. The Hall–Kier alpha value is -3.66. The van der Waals surface area contributed by atoms with Crippen molar-refractivity contribution in [2.45, 2.75) is 6.92 Å². The van der Waals surface area contributed by atoms with Crippen LogP contribution in [0.5, 0.6) is 0 Å². The maximum atomic E-state index is 13.3. The molecule has 0 saturated heterocycles. The molecule has 0 atom stereocenters. The summed E-state index contributed by atoms with van der Waals surface area (Å²) in [6, 6.07) is 25.8. The van der Waals surface area contributed by atoms with Crippen LogP contribution >= 0.6 is 0 Å². The number of anilines is 2. The van der Waals surface area contributed by atoms with E-state index in [4.69, 9.17) is 4.99 Å². The first-order chi connectivity index (χ1) is 14.0. The minimum absolute atomic E-state index is 0.121. The molecule has 0 fully saturated rings. The van der Waals surface area contributed by atoms with Gasteiger partial charge in [-0.1, -0.05) is 54.1 Å². The molecule has 0 radical (unpaired) electrons. The molecule has 0 saturated carbocycles. The summed E-state index contributed by atoms with van der Waals surface area (Å²) in [6.45, 7) is 2.04. The van der Waals surface area contributed by atoms with E-state index in [0.717, 1.165) is 28.1 Å². The molecule has 144 valence electrons. The first-order valence-corrected chi connectivity index (χ1v) is 9.57. The van der Waals surface area contributed by atoms with Gasteiger partial charge in [0.2, 0.25) is 0 Å². The Kier molecular flexibility index (Phi) is 5.00. The number of hydrogen-bond donors (Lipinski definition) is 0. The maximum absolute atomic E-state index is 13.3. The third-order valence-electron chi connectivity index (χ3n) is 4.86. The van der Waals surface area contributed by atoms with Crippen LogP contribution in [0.1, 0.15) is 16.7 Å². The summed E-state index contributed by atoms with van der Waals surface area (Å²) in [4.78, 5) is 21.8. The average Bonchev–Trinajstić information content (AvgIpc) is 3.05. The summed E-state index contributed by atoms with van der Waals surface area (Å²) in [5.74, 6) is 0.533. The monoisotopic (exact) mass is 381 g/mol. The second-order valence-corrected chi connectivity index (χ2v) is 7.30. The number of benzene rings is 3. The number of amides is 1. The SMILES string of the molecule is Cc1cccc(C2=N/C(=C/c3ccc(N(C)C)cc3)C(=O)N2c2ccccc2)c1. The van der Waals surface area contributed by atoms with Gasteiger partial charge in [-0.2, -0.15) is 0 Å². The van der Waals surface area contributed by atoms with E-state index < -0.39 is 0 Å². The number of rotatable bonds is 4. The van der Waals surface area contributed by atoms with Crippen molar-refractivity contribution in [1.29, 1.82) is 0 Å². The van der Waals surface area contributed by atoms with E-state index in [2.05, 4.69) is 6.07 Å². The summed E-state index contributed by atoms with van der Waals surface area (Å²) >= 11 is 0. The normalized spacial score (nSPS) is 15.0. The molecule has 1 aliphatic rings. The molecular formula is C25H23N3O. The predicted molar refractivity (Wildman–Crippen MR) is 120 cm³/mol. The van der Waals surface area contributed by atoms with Crippen LogP contribution in [0.25, 0.3) is 6.08 Å². The van der Waals surface area contributed by atoms with Crippen molar-refractivity contribution in [3.8, 4) is 0 Å². The number of aryl methyl sites for hydroxylation is 1. The van der Waals surface area contributed by atoms with Crippen LogP contribution in [0.15, 0.2) is 89.6 Å². The van der Waals surface area contributed by atoms with Crippen molar-refractivity contribution in [3.63, 3.8) is 0 Å². The lowest BCUT2D eigenvalue weighted by atomic mass is 10.1. The van der Waals surface area contributed by atoms with Gasteiger partial charge in [-0.05, 0) is 48.9 Å². The average molecular weight is 381 g/mol.